The zero-order valence-corrected chi connectivity index (χ0v) is 17.3. The Labute approximate surface area is 175 Å². The van der Waals surface area contributed by atoms with Gasteiger partial charge >= 0.3 is 5.97 Å². The zero-order chi connectivity index (χ0) is 20.4. The van der Waals surface area contributed by atoms with E-state index in [1.165, 1.54) is 19.3 Å². The highest BCUT2D eigenvalue weighted by atomic mass is 35.5. The number of aromatic carboxylic acids is 1. The van der Waals surface area contributed by atoms with Crippen molar-refractivity contribution in [1.82, 2.24) is 9.55 Å². The van der Waals surface area contributed by atoms with Crippen molar-refractivity contribution in [3.05, 3.63) is 63.9 Å². The van der Waals surface area contributed by atoms with Crippen molar-refractivity contribution in [3.63, 3.8) is 0 Å². The average Bonchev–Trinajstić information content (AvgIpc) is 3.03. The average molecular weight is 413 g/mol. The molecule has 0 spiro atoms. The molecule has 5 nitrogen and oxygen atoms in total. The third-order valence-electron chi connectivity index (χ3n) is 5.67. The second kappa shape index (κ2) is 8.56. The molecule has 2 aromatic carbocycles. The number of hydrogen-bond acceptors (Lipinski definition) is 3. The highest BCUT2D eigenvalue weighted by Gasteiger charge is 2.15. The maximum Gasteiger partial charge on any atom is 0.335 e. The summed E-state index contributed by atoms with van der Waals surface area (Å²) in [5.74, 6) is -0.124. The smallest absolute Gasteiger partial charge is 0.335 e. The first-order chi connectivity index (χ1) is 14.0. The molecule has 0 radical (unpaired) electrons. The molecule has 0 atom stereocenters. The Morgan fingerprint density at radius 1 is 1.21 bits per heavy atom. The van der Waals surface area contributed by atoms with Crippen LogP contribution in [0.1, 0.15) is 59.4 Å². The molecular formula is C23H25ClN2O3. The molecule has 0 saturated heterocycles. The third kappa shape index (κ3) is 4.46. The van der Waals surface area contributed by atoms with Crippen LogP contribution >= 0.6 is 11.6 Å². The van der Waals surface area contributed by atoms with Crippen molar-refractivity contribution in [3.8, 4) is 0 Å². The summed E-state index contributed by atoms with van der Waals surface area (Å²) in [5, 5.41) is 9.97. The topological polar surface area (TPSA) is 64.3 Å². The number of nitrogens with zero attached hydrogens (tertiary/aromatic N) is 2. The number of hydrogen-bond donors (Lipinski definition) is 1. The summed E-state index contributed by atoms with van der Waals surface area (Å²) in [6.45, 7) is 3.04. The molecule has 3 aromatic rings. The largest absolute Gasteiger partial charge is 0.478 e. The normalized spacial score (nSPS) is 15.1. The van der Waals surface area contributed by atoms with Gasteiger partial charge < -0.3 is 14.4 Å². The van der Waals surface area contributed by atoms with Gasteiger partial charge in [-0.15, -0.1) is 0 Å². The number of aromatic nitrogens is 2. The highest BCUT2D eigenvalue weighted by Crippen LogP contribution is 2.25. The number of halogens is 1. The van der Waals surface area contributed by atoms with Crippen LogP contribution in [0.2, 0.25) is 5.02 Å². The Kier molecular flexibility index (Phi) is 5.88. The molecule has 1 saturated carbocycles. The third-order valence-corrected chi connectivity index (χ3v) is 6.02. The van der Waals surface area contributed by atoms with Crippen LogP contribution in [0.5, 0.6) is 0 Å². The maximum atomic E-state index is 11.3. The van der Waals surface area contributed by atoms with Gasteiger partial charge in [-0.2, -0.15) is 0 Å². The molecule has 0 aliphatic heterocycles. The molecule has 0 bridgehead atoms. The van der Waals surface area contributed by atoms with Gasteiger partial charge in [0.25, 0.3) is 0 Å². The molecule has 1 aromatic heterocycles. The number of ether oxygens (including phenoxy) is 1. The number of aryl methyl sites for hydroxylation is 1. The lowest BCUT2D eigenvalue weighted by molar-refractivity contribution is 0.0168. The number of carboxylic acids is 1. The Balaban J connectivity index is 1.52. The van der Waals surface area contributed by atoms with Crippen LogP contribution in [0.25, 0.3) is 11.0 Å². The van der Waals surface area contributed by atoms with E-state index >= 15 is 0 Å². The van der Waals surface area contributed by atoms with Gasteiger partial charge in [-0.1, -0.05) is 43.0 Å². The SMILES string of the molecule is Cc1nc2ccc(C(=O)O)cc2n1Cc1ccc(COC2CCCCC2)cc1Cl. The van der Waals surface area contributed by atoms with E-state index in [9.17, 15) is 9.90 Å². The van der Waals surface area contributed by atoms with Crippen LogP contribution < -0.4 is 0 Å². The maximum absolute atomic E-state index is 11.3. The standard InChI is InChI=1S/C23H25ClN2O3/c1-15-25-21-10-9-17(23(27)28)12-22(21)26(15)13-18-8-7-16(11-20(18)24)14-29-19-5-3-2-4-6-19/h7-12,19H,2-6,13-14H2,1H3,(H,27,28). The second-order valence-electron chi connectivity index (χ2n) is 7.75. The van der Waals surface area contributed by atoms with E-state index in [4.69, 9.17) is 16.3 Å². The molecule has 1 fully saturated rings. The van der Waals surface area contributed by atoms with Crippen LogP contribution in [0, 0.1) is 6.92 Å². The predicted molar refractivity (Wildman–Crippen MR) is 114 cm³/mol. The van der Waals surface area contributed by atoms with E-state index in [1.54, 1.807) is 18.2 Å². The molecule has 1 aliphatic rings. The van der Waals surface area contributed by atoms with Crippen LogP contribution in [-0.2, 0) is 17.9 Å². The molecule has 6 heteroatoms. The molecule has 0 unspecified atom stereocenters. The first-order valence-corrected chi connectivity index (χ1v) is 10.5. The van der Waals surface area contributed by atoms with Gasteiger partial charge in [0, 0.05) is 5.02 Å². The Morgan fingerprint density at radius 2 is 2.00 bits per heavy atom. The lowest BCUT2D eigenvalue weighted by Crippen LogP contribution is -2.16. The Bertz CT molecular complexity index is 1040. The van der Waals surface area contributed by atoms with E-state index in [-0.39, 0.29) is 5.56 Å². The van der Waals surface area contributed by atoms with Gasteiger partial charge in [0.05, 0.1) is 35.9 Å². The fourth-order valence-corrected chi connectivity index (χ4v) is 4.26. The van der Waals surface area contributed by atoms with E-state index in [1.807, 2.05) is 23.6 Å². The van der Waals surface area contributed by atoms with Gasteiger partial charge in [0.1, 0.15) is 5.82 Å². The lowest BCUT2D eigenvalue weighted by Gasteiger charge is -2.22. The van der Waals surface area contributed by atoms with E-state index in [0.717, 1.165) is 40.8 Å². The van der Waals surface area contributed by atoms with Crippen molar-refractivity contribution >= 4 is 28.6 Å². The van der Waals surface area contributed by atoms with Gasteiger partial charge in [0.15, 0.2) is 0 Å². The number of imidazole rings is 1. The van der Waals surface area contributed by atoms with Gasteiger partial charge in [-0.05, 0) is 55.2 Å². The fourth-order valence-electron chi connectivity index (χ4n) is 4.00. The van der Waals surface area contributed by atoms with E-state index in [0.29, 0.717) is 24.3 Å². The van der Waals surface area contributed by atoms with Crippen molar-refractivity contribution in [2.24, 2.45) is 0 Å². The Morgan fingerprint density at radius 3 is 2.72 bits per heavy atom. The molecule has 29 heavy (non-hydrogen) atoms. The molecule has 1 aliphatic carbocycles. The van der Waals surface area contributed by atoms with Gasteiger partial charge in [-0.3, -0.25) is 0 Å². The summed E-state index contributed by atoms with van der Waals surface area (Å²) in [4.78, 5) is 15.9. The lowest BCUT2D eigenvalue weighted by atomic mass is 9.98. The molecule has 1 N–H and O–H groups in total. The van der Waals surface area contributed by atoms with Crippen LogP contribution in [0.4, 0.5) is 0 Å². The monoisotopic (exact) mass is 412 g/mol. The van der Waals surface area contributed by atoms with E-state index in [2.05, 4.69) is 11.1 Å². The van der Waals surface area contributed by atoms with Crippen molar-refractivity contribution in [2.45, 2.75) is 58.3 Å². The van der Waals surface area contributed by atoms with Crippen LogP contribution in [0.15, 0.2) is 36.4 Å². The number of benzene rings is 2. The molecule has 1 heterocycles. The summed E-state index contributed by atoms with van der Waals surface area (Å²) >= 11 is 6.57. The van der Waals surface area contributed by atoms with Crippen molar-refractivity contribution in [1.29, 1.82) is 0 Å². The molecule has 4 rings (SSSR count). The minimum absolute atomic E-state index is 0.250. The predicted octanol–water partition coefficient (Wildman–Crippen LogP) is 5.59. The molecule has 0 amide bonds. The summed E-state index contributed by atoms with van der Waals surface area (Å²) in [7, 11) is 0. The zero-order valence-electron chi connectivity index (χ0n) is 16.5. The minimum Gasteiger partial charge on any atom is -0.478 e. The van der Waals surface area contributed by atoms with Gasteiger partial charge in [0.2, 0.25) is 0 Å². The summed E-state index contributed by atoms with van der Waals surface area (Å²) < 4.78 is 8.05. The number of carbonyl (C=O) groups is 1. The van der Waals surface area contributed by atoms with Crippen LogP contribution in [0.3, 0.4) is 0 Å². The first kappa shape index (κ1) is 19.9. The number of carboxylic acid groups (broad SMARTS) is 1. The summed E-state index contributed by atoms with van der Waals surface area (Å²) in [5.41, 5.74) is 3.87. The Hall–Kier alpha value is -2.37. The highest BCUT2D eigenvalue weighted by molar-refractivity contribution is 6.31. The summed E-state index contributed by atoms with van der Waals surface area (Å²) in [6.07, 6.45) is 6.49. The molecular weight excluding hydrogens is 388 g/mol. The van der Waals surface area contributed by atoms with E-state index < -0.39 is 5.97 Å². The molecule has 152 valence electrons. The van der Waals surface area contributed by atoms with Gasteiger partial charge in [-0.25, -0.2) is 9.78 Å². The summed E-state index contributed by atoms with van der Waals surface area (Å²) in [6, 6.07) is 11.0. The van der Waals surface area contributed by atoms with Crippen molar-refractivity contribution < 1.29 is 14.6 Å². The van der Waals surface area contributed by atoms with Crippen LogP contribution in [-0.4, -0.2) is 26.7 Å². The number of rotatable bonds is 6. The first-order valence-electron chi connectivity index (χ1n) is 10.1. The fraction of sp³-hybridized carbons (Fsp3) is 0.391. The number of fused-ring (bicyclic) bond motifs is 1. The quantitative estimate of drug-likeness (QED) is 0.572. The van der Waals surface area contributed by atoms with Crippen molar-refractivity contribution in [2.75, 3.05) is 0 Å². The minimum atomic E-state index is -0.947. The second-order valence-corrected chi connectivity index (χ2v) is 8.16.